The summed E-state index contributed by atoms with van der Waals surface area (Å²) in [6, 6.07) is 11.7. The van der Waals surface area contributed by atoms with Crippen molar-refractivity contribution >= 4 is 18.0 Å². The smallest absolute Gasteiger partial charge is 0.410 e. The van der Waals surface area contributed by atoms with Gasteiger partial charge in [-0.1, -0.05) is 30.3 Å². The normalized spacial score (nSPS) is 14.1. The Kier molecular flexibility index (Phi) is 9.93. The van der Waals surface area contributed by atoms with Gasteiger partial charge in [0.1, 0.15) is 18.0 Å². The summed E-state index contributed by atoms with van der Waals surface area (Å²) >= 11 is 0. The second-order valence-electron chi connectivity index (χ2n) is 10.2. The van der Waals surface area contributed by atoms with E-state index in [1.807, 2.05) is 64.2 Å². The third-order valence-electron chi connectivity index (χ3n) is 6.07. The van der Waals surface area contributed by atoms with Gasteiger partial charge in [-0.25, -0.2) is 9.59 Å². The molecular weight excluding hydrogens is 474 g/mol. The molecule has 2 amide bonds. The Hall–Kier alpha value is -3.56. The number of benzene rings is 1. The molecule has 0 saturated carbocycles. The number of hydrogen-bond donors (Lipinski definition) is 0. The highest BCUT2D eigenvalue weighted by molar-refractivity contribution is 5.68. The Balaban J connectivity index is 1.39. The third kappa shape index (κ3) is 9.11. The van der Waals surface area contributed by atoms with Crippen LogP contribution in [0.3, 0.4) is 0 Å². The van der Waals surface area contributed by atoms with Crippen LogP contribution in [-0.2, 0) is 16.1 Å². The van der Waals surface area contributed by atoms with Crippen molar-refractivity contribution in [2.45, 2.75) is 58.3 Å². The van der Waals surface area contributed by atoms with E-state index >= 15 is 0 Å². The molecular formula is C27H39N5O5. The van der Waals surface area contributed by atoms with Crippen LogP contribution in [0.4, 0.5) is 15.4 Å². The first kappa shape index (κ1) is 28.0. The second kappa shape index (κ2) is 13.1. The molecule has 0 bridgehead atoms. The van der Waals surface area contributed by atoms with Gasteiger partial charge in [0.05, 0.1) is 12.8 Å². The average molecular weight is 514 g/mol. The number of amides is 2. The molecule has 1 fully saturated rings. The minimum atomic E-state index is -0.498. The van der Waals surface area contributed by atoms with Crippen molar-refractivity contribution in [2.75, 3.05) is 45.2 Å². The molecule has 10 nitrogen and oxygen atoms in total. The van der Waals surface area contributed by atoms with E-state index in [1.165, 1.54) is 0 Å². The first-order valence-electron chi connectivity index (χ1n) is 12.7. The summed E-state index contributed by atoms with van der Waals surface area (Å²) in [6.45, 7) is 8.08. The van der Waals surface area contributed by atoms with Crippen LogP contribution in [0.2, 0.25) is 0 Å². The van der Waals surface area contributed by atoms with Crippen LogP contribution in [0.1, 0.15) is 45.6 Å². The lowest BCUT2D eigenvalue weighted by molar-refractivity contribution is 0.0205. The zero-order chi connectivity index (χ0) is 26.8. The number of nitrogens with zero attached hydrogens (tertiary/aromatic N) is 5. The lowest BCUT2D eigenvalue weighted by Gasteiger charge is -2.37. The van der Waals surface area contributed by atoms with Gasteiger partial charge in [0.15, 0.2) is 5.82 Å². The molecule has 1 aromatic heterocycles. The van der Waals surface area contributed by atoms with E-state index in [0.29, 0.717) is 38.4 Å². The topological polar surface area (TPSA) is 97.3 Å². The van der Waals surface area contributed by atoms with E-state index in [0.717, 1.165) is 24.2 Å². The number of rotatable bonds is 9. The first-order valence-corrected chi connectivity index (χ1v) is 12.7. The first-order chi connectivity index (χ1) is 17.6. The summed E-state index contributed by atoms with van der Waals surface area (Å²) < 4.78 is 16.7. The van der Waals surface area contributed by atoms with Crippen LogP contribution < -0.4 is 9.64 Å². The van der Waals surface area contributed by atoms with Gasteiger partial charge in [-0.3, -0.25) is 0 Å². The minimum absolute atomic E-state index is 0.235. The zero-order valence-electron chi connectivity index (χ0n) is 22.6. The van der Waals surface area contributed by atoms with Crippen LogP contribution in [-0.4, -0.2) is 84.2 Å². The van der Waals surface area contributed by atoms with Gasteiger partial charge in [0, 0.05) is 45.8 Å². The van der Waals surface area contributed by atoms with E-state index in [-0.39, 0.29) is 24.8 Å². The fourth-order valence-electron chi connectivity index (χ4n) is 3.95. The molecule has 1 aromatic carbocycles. The lowest BCUT2D eigenvalue weighted by atomic mass is 10.0. The minimum Gasteiger partial charge on any atom is -0.492 e. The zero-order valence-corrected chi connectivity index (χ0v) is 22.6. The Bertz CT molecular complexity index is 1010. The predicted octanol–water partition coefficient (Wildman–Crippen LogP) is 4.35. The number of anilines is 1. The SMILES string of the molecule is CN(CCCOc1cnnc(N(C)C2CCN(C(=O)OC(C)(C)C)CC2)c1)C(=O)OCc1ccccc1. The van der Waals surface area contributed by atoms with E-state index < -0.39 is 5.60 Å². The van der Waals surface area contributed by atoms with E-state index in [2.05, 4.69) is 15.1 Å². The van der Waals surface area contributed by atoms with Crippen LogP contribution in [0.25, 0.3) is 0 Å². The Morgan fingerprint density at radius 2 is 1.81 bits per heavy atom. The largest absolute Gasteiger partial charge is 0.492 e. The summed E-state index contributed by atoms with van der Waals surface area (Å²) in [5.74, 6) is 1.34. The van der Waals surface area contributed by atoms with Gasteiger partial charge < -0.3 is 28.9 Å². The number of likely N-dealkylation sites (tertiary alicyclic amines) is 1. The highest BCUT2D eigenvalue weighted by Crippen LogP contribution is 2.24. The molecule has 10 heteroatoms. The molecule has 202 valence electrons. The van der Waals surface area contributed by atoms with Crippen LogP contribution in [0, 0.1) is 0 Å². The maximum atomic E-state index is 12.3. The Labute approximate surface area is 219 Å². The number of ether oxygens (including phenoxy) is 3. The standard InChI is InChI=1S/C27H39N5O5/c1-27(2,3)37-26(34)32-15-12-22(13-16-32)31(5)24-18-23(19-28-29-24)35-17-9-14-30(4)25(33)36-20-21-10-7-6-8-11-21/h6-8,10-11,18-19,22H,9,12-17,20H2,1-5H3. The predicted molar refractivity (Wildman–Crippen MR) is 141 cm³/mol. The van der Waals surface area contributed by atoms with Gasteiger partial charge >= 0.3 is 12.2 Å². The van der Waals surface area contributed by atoms with Crippen molar-refractivity contribution in [3.05, 3.63) is 48.2 Å². The summed E-state index contributed by atoms with van der Waals surface area (Å²) in [6.07, 6.45) is 3.23. The quantitative estimate of drug-likeness (QED) is 0.457. The summed E-state index contributed by atoms with van der Waals surface area (Å²) in [7, 11) is 3.69. The van der Waals surface area contributed by atoms with Crippen molar-refractivity contribution in [1.29, 1.82) is 0 Å². The Morgan fingerprint density at radius 1 is 1.11 bits per heavy atom. The molecule has 0 N–H and O–H groups in total. The van der Waals surface area contributed by atoms with E-state index in [4.69, 9.17) is 14.2 Å². The summed E-state index contributed by atoms with van der Waals surface area (Å²) in [5, 5.41) is 8.36. The molecule has 0 aliphatic carbocycles. The molecule has 0 unspecified atom stereocenters. The summed E-state index contributed by atoms with van der Waals surface area (Å²) in [4.78, 5) is 29.9. The molecule has 37 heavy (non-hydrogen) atoms. The molecule has 0 spiro atoms. The second-order valence-corrected chi connectivity index (χ2v) is 10.2. The number of hydrogen-bond acceptors (Lipinski definition) is 8. The molecule has 1 saturated heterocycles. The van der Waals surface area contributed by atoms with Crippen LogP contribution in [0.15, 0.2) is 42.6 Å². The van der Waals surface area contributed by atoms with Crippen LogP contribution in [0.5, 0.6) is 5.75 Å². The van der Waals surface area contributed by atoms with Gasteiger partial charge in [0.2, 0.25) is 0 Å². The average Bonchev–Trinajstić information content (AvgIpc) is 2.89. The molecule has 2 heterocycles. The van der Waals surface area contributed by atoms with Crippen molar-refractivity contribution in [3.8, 4) is 5.75 Å². The molecule has 0 radical (unpaired) electrons. The lowest BCUT2D eigenvalue weighted by Crippen LogP contribution is -2.47. The molecule has 2 aromatic rings. The van der Waals surface area contributed by atoms with Gasteiger partial charge in [-0.05, 0) is 45.6 Å². The Morgan fingerprint density at radius 3 is 2.49 bits per heavy atom. The number of carbonyl (C=O) groups excluding carboxylic acids is 2. The highest BCUT2D eigenvalue weighted by atomic mass is 16.6. The molecule has 0 atom stereocenters. The molecule has 1 aliphatic heterocycles. The van der Waals surface area contributed by atoms with Crippen molar-refractivity contribution in [3.63, 3.8) is 0 Å². The van der Waals surface area contributed by atoms with E-state index in [9.17, 15) is 9.59 Å². The fraction of sp³-hybridized carbons (Fsp3) is 0.556. The molecule has 3 rings (SSSR count). The van der Waals surface area contributed by atoms with E-state index in [1.54, 1.807) is 23.0 Å². The maximum Gasteiger partial charge on any atom is 0.410 e. The van der Waals surface area contributed by atoms with Gasteiger partial charge in [0.25, 0.3) is 0 Å². The monoisotopic (exact) mass is 513 g/mol. The molecule has 1 aliphatic rings. The third-order valence-corrected chi connectivity index (χ3v) is 6.07. The van der Waals surface area contributed by atoms with Crippen molar-refractivity contribution in [2.24, 2.45) is 0 Å². The number of carbonyl (C=O) groups is 2. The highest BCUT2D eigenvalue weighted by Gasteiger charge is 2.29. The van der Waals surface area contributed by atoms with Gasteiger partial charge in [-0.15, -0.1) is 5.10 Å². The van der Waals surface area contributed by atoms with Crippen LogP contribution >= 0.6 is 0 Å². The van der Waals surface area contributed by atoms with Gasteiger partial charge in [-0.2, -0.15) is 5.10 Å². The van der Waals surface area contributed by atoms with Crippen molar-refractivity contribution in [1.82, 2.24) is 20.0 Å². The maximum absolute atomic E-state index is 12.3. The summed E-state index contributed by atoms with van der Waals surface area (Å²) in [5.41, 5.74) is 0.453. The number of piperidine rings is 1. The fourth-order valence-corrected chi connectivity index (χ4v) is 3.95. The van der Waals surface area contributed by atoms with Crippen molar-refractivity contribution < 1.29 is 23.8 Å². The number of aromatic nitrogens is 2.